The highest BCUT2D eigenvalue weighted by Crippen LogP contribution is 2.41. The molecular weight excluding hydrogens is 1730 g/mol. The number of hydrogen-bond donors (Lipinski definition) is 31. The minimum atomic E-state index is -5.62. The molecule has 0 spiro atoms. The summed E-state index contributed by atoms with van der Waals surface area (Å²) in [6, 6.07) is -5.94. The molecule has 10 saturated heterocycles. The second-order valence-electron chi connectivity index (χ2n) is 30.8. The van der Waals surface area contributed by atoms with E-state index < -0.39 is 394 Å². The van der Waals surface area contributed by atoms with Crippen LogP contribution in [0, 0.1) is 0 Å². The molecule has 0 unspecified atom stereocenters. The van der Waals surface area contributed by atoms with Gasteiger partial charge in [-0.05, 0) is 6.92 Å². The molecule has 0 aromatic rings. The van der Waals surface area contributed by atoms with Crippen molar-refractivity contribution in [1.82, 2.24) is 16.0 Å². The smallest absolute Gasteiger partial charge is 0.397 e. The topological polar surface area (TPSA) is 890 Å². The van der Waals surface area contributed by atoms with Crippen LogP contribution in [0.1, 0.15) is 27.7 Å². The number of aliphatic hydroxyl groups is 26. The van der Waals surface area contributed by atoms with Gasteiger partial charge in [-0.2, -0.15) is 8.42 Å². The zero-order valence-corrected chi connectivity index (χ0v) is 66.4. The lowest BCUT2D eigenvalue weighted by Crippen LogP contribution is -2.71. The monoisotopic (exact) mass is 1840 g/mol. The average molecular weight is 1840 g/mol. The molecule has 0 aromatic carbocycles. The van der Waals surface area contributed by atoms with E-state index >= 15 is 0 Å². The average Bonchev–Trinajstić information content (AvgIpc) is 0.763. The van der Waals surface area contributed by atoms with Crippen LogP contribution in [-0.2, 0) is 124 Å². The molecule has 3 amide bonds. The van der Waals surface area contributed by atoms with Gasteiger partial charge in [-0.3, -0.25) is 18.9 Å². The lowest BCUT2D eigenvalue weighted by Gasteiger charge is -2.51. The van der Waals surface area contributed by atoms with E-state index in [4.69, 9.17) is 90.0 Å². The molecule has 57 nitrogen and oxygen atoms in total. The van der Waals surface area contributed by atoms with Gasteiger partial charge in [0.2, 0.25) is 17.7 Å². The number of aliphatic hydroxyl groups excluding tert-OH is 26. The van der Waals surface area contributed by atoms with Crippen molar-refractivity contribution in [3.63, 3.8) is 0 Å². The largest absolute Gasteiger partial charge is 0.479 e. The van der Waals surface area contributed by atoms with Crippen LogP contribution in [0.5, 0.6) is 0 Å². The third kappa shape index (κ3) is 22.6. The van der Waals surface area contributed by atoms with Crippen molar-refractivity contribution >= 4 is 34.1 Å². The van der Waals surface area contributed by atoms with Crippen LogP contribution >= 0.6 is 0 Å². The summed E-state index contributed by atoms with van der Waals surface area (Å²) in [7, 11) is -5.62. The predicted octanol–water partition coefficient (Wildman–Crippen LogP) is -21.4. The number of amides is 3. The van der Waals surface area contributed by atoms with Crippen molar-refractivity contribution in [2.45, 2.75) is 335 Å². The van der Waals surface area contributed by atoms with Gasteiger partial charge in [0.25, 0.3) is 0 Å². The van der Waals surface area contributed by atoms with Gasteiger partial charge in [-0.1, -0.05) is 0 Å². The highest BCUT2D eigenvalue weighted by molar-refractivity contribution is 7.80. The fraction of sp³-hybridized carbons (Fsp3) is 0.939. The van der Waals surface area contributed by atoms with E-state index in [1.54, 1.807) is 0 Å². The van der Waals surface area contributed by atoms with Gasteiger partial charge in [0.05, 0.1) is 59.0 Å². The van der Waals surface area contributed by atoms with Crippen molar-refractivity contribution < 1.29 is 264 Å². The summed E-state index contributed by atoms with van der Waals surface area (Å²) < 4.78 is 148. The van der Waals surface area contributed by atoms with E-state index in [0.717, 1.165) is 20.8 Å². The number of carboxylic acid groups (broad SMARTS) is 1. The number of rotatable bonds is 32. The zero-order valence-electron chi connectivity index (χ0n) is 65.6. The van der Waals surface area contributed by atoms with E-state index in [1.165, 1.54) is 6.92 Å². The van der Waals surface area contributed by atoms with Crippen molar-refractivity contribution in [2.75, 3.05) is 52.9 Å². The number of ether oxygens (including phenoxy) is 19. The molecule has 31 N–H and O–H groups in total. The molecule has 58 heteroatoms. The second-order valence-corrected chi connectivity index (χ2v) is 31.8. The summed E-state index contributed by atoms with van der Waals surface area (Å²) in [5.41, 5.74) is 0. The fourth-order valence-corrected chi connectivity index (χ4v) is 16.1. The minimum Gasteiger partial charge on any atom is -0.479 e. The molecule has 10 aliphatic rings. The van der Waals surface area contributed by atoms with E-state index in [-0.39, 0.29) is 0 Å². The Hall–Kier alpha value is -4.05. The number of aliphatic carboxylic acids is 1. The summed E-state index contributed by atoms with van der Waals surface area (Å²) >= 11 is 0. The lowest BCUT2D eigenvalue weighted by molar-refractivity contribution is -0.399. The summed E-state index contributed by atoms with van der Waals surface area (Å²) in [5, 5.41) is 308. The minimum absolute atomic E-state index is 0.849. The summed E-state index contributed by atoms with van der Waals surface area (Å²) in [4.78, 5) is 50.9. The molecule has 10 aliphatic heterocycles. The van der Waals surface area contributed by atoms with Gasteiger partial charge in [-0.15, -0.1) is 0 Å². The first-order valence-electron chi connectivity index (χ1n) is 38.7. The molecule has 0 saturated carbocycles. The predicted molar refractivity (Wildman–Crippen MR) is 374 cm³/mol. The van der Waals surface area contributed by atoms with E-state index in [1.807, 2.05) is 0 Å². The molecule has 0 bridgehead atoms. The Morgan fingerprint density at radius 3 is 1.06 bits per heavy atom. The molecule has 0 aromatic heterocycles. The van der Waals surface area contributed by atoms with Gasteiger partial charge in [0, 0.05) is 20.8 Å². The fourth-order valence-electron chi connectivity index (χ4n) is 15.6. The Kier molecular flexibility index (Phi) is 35.8. The van der Waals surface area contributed by atoms with Crippen LogP contribution in [0.3, 0.4) is 0 Å². The number of carbonyl (C=O) groups excluding carboxylic acids is 3. The molecule has 50 atom stereocenters. The highest BCUT2D eigenvalue weighted by atomic mass is 32.3. The van der Waals surface area contributed by atoms with Crippen LogP contribution in [0.2, 0.25) is 0 Å². The molecule has 718 valence electrons. The van der Waals surface area contributed by atoms with Crippen molar-refractivity contribution in [1.29, 1.82) is 0 Å². The van der Waals surface area contributed by atoms with E-state index in [9.17, 15) is 170 Å². The number of carboxylic acids is 1. The van der Waals surface area contributed by atoms with Gasteiger partial charge in [0.15, 0.2) is 69.0 Å². The Morgan fingerprint density at radius 1 is 0.290 bits per heavy atom. The number of carbonyl (C=O) groups is 4. The van der Waals surface area contributed by atoms with Crippen LogP contribution in [0.15, 0.2) is 0 Å². The highest BCUT2D eigenvalue weighted by Gasteiger charge is 2.62. The van der Waals surface area contributed by atoms with Crippen molar-refractivity contribution in [2.24, 2.45) is 0 Å². The summed E-state index contributed by atoms with van der Waals surface area (Å²) in [5.74, 6) is -4.99. The molecule has 124 heavy (non-hydrogen) atoms. The third-order valence-electron chi connectivity index (χ3n) is 22.2. The van der Waals surface area contributed by atoms with Crippen LogP contribution in [0.25, 0.3) is 0 Å². The first-order chi connectivity index (χ1) is 58.3. The van der Waals surface area contributed by atoms with Crippen LogP contribution in [-0.4, -0.2) is 534 Å². The third-order valence-corrected chi connectivity index (χ3v) is 22.6. The first-order valence-corrected chi connectivity index (χ1v) is 40.0. The Labute approximate surface area is 699 Å². The molecule has 0 aliphatic carbocycles. The SMILES string of the molecule is CC(=O)N[C@@H]1[C@@H](O)[C@H](O[C@@H]2O[C@H](CO)[C@@H](O[C@@H]3O[C@H](CO[C@H]4O[C@H](CO)[C@@H](O)[C@H](O[C@H]5O[C@H](CO)[C@@H](O)[C@H](O)[C@@H]5O)[C@@H]4O)[C@@H](O)[C@H](O[C@H]4O[C@H](CO)[C@@H](O)[C@H](O)[C@@H]4O[C@@H]4O[C@H](CO)[C@@H](O[C@@H]5O[C@H](CO)[C@H](O)[C@H](O[C@@H]6O[C@H](C(=O)O)[C@@H](O)[C@H](OS(=O)(=O)O)[C@H]6O)[C@H]5O)[C@H](O)[C@H]4NC(C)=O)[C@@H]3O)[C@H](O)[C@H]2NC(C)=O)[C@@H](CO[C@@H]2O[C@@H](C)[C@@H](O)[C@@H](O)[C@@H]2O)O[C@H]1O. The van der Waals surface area contributed by atoms with Crippen LogP contribution < -0.4 is 16.0 Å². The maximum absolute atomic E-state index is 13.2. The second kappa shape index (κ2) is 43.5. The molecular formula is C66H109N3O54S. The Balaban J connectivity index is 0.951. The summed E-state index contributed by atoms with van der Waals surface area (Å²) in [6.07, 6.45) is -103. The molecule has 10 rings (SSSR count). The number of nitrogens with one attached hydrogen (secondary N) is 3. The van der Waals surface area contributed by atoms with Crippen LogP contribution in [0.4, 0.5) is 0 Å². The van der Waals surface area contributed by atoms with Crippen molar-refractivity contribution in [3.8, 4) is 0 Å². The summed E-state index contributed by atoms with van der Waals surface area (Å²) in [6.45, 7) is -5.23. The van der Waals surface area contributed by atoms with Gasteiger partial charge < -0.3 is 244 Å². The first kappa shape index (κ1) is 102. The number of hydrogen-bond acceptors (Lipinski definition) is 52. The zero-order chi connectivity index (χ0) is 91.6. The standard InChI is InChI=1S/C66H109N3O54S/c1-13-28(79)37(88)40(91)60(106-13)105-12-24-49(34(85)25(57(100)107-24)67-14(2)76)115-58-26(68-15(3)77)35(86)48(21(9-74)112-58)117-64-45(96)52(33(84)23(114-64)11-104-61-43(94)50(31(82)19(7-72)108-61)118-62-41(92)38(89)29(80)17(5-70)109-62)120-66-55(39(90)30(81)18(6-71)111-66)122-59-27(69-16(4)78)36(87)47(22(10-75)113-59)116-63-44(95)51(32(83)20(8-73)110-63)119-65-46(97)53(123-124(101,102)103)42(93)54(121-65)56(98)99/h13,17-55,57-66,70-75,79-97,100H,5-12H2,1-4H3,(H,67,76)(H,68,77)(H,69,78)(H,98,99)(H,101,102,103)/t13-,17+,18+,19+,20+,21+,22+,23+,24+,25+,26+,27+,28+,29+,30+,31+,32-,33+,34+,35+,36+,37+,38-,39-,40-,41-,42-,43-,44+,45-,46+,47+,48+,49+,50-,51-,52-,53-,54-,55-,57+,58-,59-,60+,61-,62+,63-,64-,65+,66+/m0/s1. The molecule has 10 fully saturated rings. The van der Waals surface area contributed by atoms with E-state index in [2.05, 4.69) is 20.1 Å². The van der Waals surface area contributed by atoms with Crippen molar-refractivity contribution in [3.05, 3.63) is 0 Å². The van der Waals surface area contributed by atoms with Gasteiger partial charge >= 0.3 is 16.4 Å². The Morgan fingerprint density at radius 2 is 0.605 bits per heavy atom. The molecule has 0 radical (unpaired) electrons. The van der Waals surface area contributed by atoms with Gasteiger partial charge in [0.1, 0.15) is 232 Å². The normalized spacial score (nSPS) is 49.2. The molecule has 10 heterocycles. The quantitative estimate of drug-likeness (QED) is 0.0278. The maximum Gasteiger partial charge on any atom is 0.397 e. The maximum atomic E-state index is 13.2. The lowest BCUT2D eigenvalue weighted by atomic mass is 9.93. The Bertz CT molecular complexity index is 3530. The van der Waals surface area contributed by atoms with E-state index in [0.29, 0.717) is 0 Å². The van der Waals surface area contributed by atoms with Gasteiger partial charge in [-0.25, -0.2) is 8.98 Å².